The van der Waals surface area contributed by atoms with Gasteiger partial charge in [0.1, 0.15) is 5.82 Å². The van der Waals surface area contributed by atoms with Crippen molar-refractivity contribution in [2.45, 2.75) is 17.9 Å². The van der Waals surface area contributed by atoms with Gasteiger partial charge in [-0.25, -0.2) is 4.39 Å². The zero-order chi connectivity index (χ0) is 16.2. The van der Waals surface area contributed by atoms with E-state index in [1.165, 1.54) is 6.07 Å². The van der Waals surface area contributed by atoms with Gasteiger partial charge in [0.2, 0.25) is 0 Å². The summed E-state index contributed by atoms with van der Waals surface area (Å²) in [5.41, 5.74) is 1.23. The fourth-order valence-electron chi connectivity index (χ4n) is 2.26. The maximum absolute atomic E-state index is 13.8. The Balaban J connectivity index is 1.82. The highest BCUT2D eigenvalue weighted by molar-refractivity contribution is 7.84. The number of benzene rings is 2. The zero-order valence-electron chi connectivity index (χ0n) is 12.5. The number of hydrogen-bond acceptors (Lipinski definition) is 4. The highest BCUT2D eigenvalue weighted by Gasteiger charge is 2.20. The summed E-state index contributed by atoms with van der Waals surface area (Å²) in [6.07, 6.45) is 0. The van der Waals surface area contributed by atoms with Crippen LogP contribution >= 0.6 is 0 Å². The zero-order valence-corrected chi connectivity index (χ0v) is 13.3. The first kappa shape index (κ1) is 15.5. The van der Waals surface area contributed by atoms with Crippen molar-refractivity contribution < 1.29 is 8.60 Å². The van der Waals surface area contributed by atoms with Gasteiger partial charge in [-0.1, -0.05) is 36.4 Å². The molecule has 2 aromatic carbocycles. The standard InChI is InChI=1S/C16H15FN4OS/c1-12(14-9-5-6-10-15(14)17)23(22)11-16-18-19-20-21(16)13-7-3-2-4-8-13/h2-10,12H,11H2,1H3/t12-,23+/m0/s1. The van der Waals surface area contributed by atoms with Crippen LogP contribution in [0, 0.1) is 5.82 Å². The van der Waals surface area contributed by atoms with Gasteiger partial charge in [-0.3, -0.25) is 4.21 Å². The third-order valence-electron chi connectivity index (χ3n) is 3.54. The Morgan fingerprint density at radius 3 is 2.57 bits per heavy atom. The Labute approximate surface area is 135 Å². The molecule has 0 unspecified atom stereocenters. The molecule has 0 saturated heterocycles. The molecule has 0 radical (unpaired) electrons. The second-order valence-electron chi connectivity index (χ2n) is 5.03. The van der Waals surface area contributed by atoms with E-state index in [2.05, 4.69) is 15.5 Å². The molecule has 5 nitrogen and oxygen atoms in total. The first-order chi connectivity index (χ1) is 11.2. The first-order valence-corrected chi connectivity index (χ1v) is 8.49. The number of tetrazole rings is 1. The van der Waals surface area contributed by atoms with Crippen LogP contribution in [0.4, 0.5) is 4.39 Å². The maximum Gasteiger partial charge on any atom is 0.169 e. The van der Waals surface area contributed by atoms with E-state index in [0.29, 0.717) is 11.4 Å². The minimum absolute atomic E-state index is 0.150. The Bertz CT molecular complexity index is 822. The fraction of sp³-hybridized carbons (Fsp3) is 0.188. The van der Waals surface area contributed by atoms with Crippen LogP contribution in [0.1, 0.15) is 23.6 Å². The SMILES string of the molecule is C[C@@H](c1ccccc1F)[S@](=O)Cc1nnnn1-c1ccccc1. The second kappa shape index (κ2) is 6.78. The van der Waals surface area contributed by atoms with Crippen molar-refractivity contribution in [2.24, 2.45) is 0 Å². The summed E-state index contributed by atoms with van der Waals surface area (Å²) in [4.78, 5) is 0. The summed E-state index contributed by atoms with van der Waals surface area (Å²) >= 11 is 0. The van der Waals surface area contributed by atoms with Crippen LogP contribution in [0.5, 0.6) is 0 Å². The molecule has 2 atom stereocenters. The molecule has 0 spiro atoms. The highest BCUT2D eigenvalue weighted by atomic mass is 32.2. The number of hydrogen-bond donors (Lipinski definition) is 0. The van der Waals surface area contributed by atoms with Crippen molar-refractivity contribution in [3.8, 4) is 5.69 Å². The van der Waals surface area contributed by atoms with Gasteiger partial charge in [-0.2, -0.15) is 4.68 Å². The molecule has 3 aromatic rings. The van der Waals surface area contributed by atoms with Crippen molar-refractivity contribution in [2.75, 3.05) is 0 Å². The Morgan fingerprint density at radius 1 is 1.13 bits per heavy atom. The number of para-hydroxylation sites is 1. The van der Waals surface area contributed by atoms with Gasteiger partial charge in [-0.15, -0.1) is 5.10 Å². The molecule has 0 aliphatic rings. The highest BCUT2D eigenvalue weighted by Crippen LogP contribution is 2.24. The molecule has 0 aliphatic carbocycles. The van der Waals surface area contributed by atoms with E-state index in [4.69, 9.17) is 0 Å². The molecule has 0 fully saturated rings. The number of rotatable bonds is 5. The molecule has 118 valence electrons. The van der Waals surface area contributed by atoms with Gasteiger partial charge in [-0.05, 0) is 35.5 Å². The van der Waals surface area contributed by atoms with E-state index in [-0.39, 0.29) is 11.6 Å². The van der Waals surface area contributed by atoms with Crippen LogP contribution in [-0.4, -0.2) is 24.4 Å². The van der Waals surface area contributed by atoms with Crippen LogP contribution in [0.3, 0.4) is 0 Å². The van der Waals surface area contributed by atoms with Crippen LogP contribution in [0.2, 0.25) is 0 Å². The molecule has 3 rings (SSSR count). The van der Waals surface area contributed by atoms with Gasteiger partial charge in [0, 0.05) is 16.4 Å². The van der Waals surface area contributed by atoms with Crippen molar-refractivity contribution in [3.05, 3.63) is 71.8 Å². The smallest absolute Gasteiger partial charge is 0.169 e. The number of halogens is 1. The third-order valence-corrected chi connectivity index (χ3v) is 5.13. The molecule has 0 aliphatic heterocycles. The van der Waals surface area contributed by atoms with Gasteiger partial charge in [0.15, 0.2) is 5.82 Å². The molecular weight excluding hydrogens is 315 g/mol. The summed E-state index contributed by atoms with van der Waals surface area (Å²) in [7, 11) is -1.34. The van der Waals surface area contributed by atoms with Crippen molar-refractivity contribution >= 4 is 10.8 Å². The summed E-state index contributed by atoms with van der Waals surface area (Å²) in [6.45, 7) is 1.74. The Kier molecular flexibility index (Phi) is 4.57. The molecule has 1 aromatic heterocycles. The summed E-state index contributed by atoms with van der Waals surface area (Å²) in [6, 6.07) is 15.7. The van der Waals surface area contributed by atoms with E-state index in [0.717, 1.165) is 5.69 Å². The summed E-state index contributed by atoms with van der Waals surface area (Å²) in [5.74, 6) is 0.283. The maximum atomic E-state index is 13.8. The molecular formula is C16H15FN4OS. The Hall–Kier alpha value is -2.41. The topological polar surface area (TPSA) is 60.7 Å². The lowest BCUT2D eigenvalue weighted by Gasteiger charge is -2.12. The van der Waals surface area contributed by atoms with Crippen LogP contribution in [-0.2, 0) is 16.6 Å². The van der Waals surface area contributed by atoms with E-state index in [9.17, 15) is 8.60 Å². The Morgan fingerprint density at radius 2 is 1.83 bits per heavy atom. The van der Waals surface area contributed by atoms with Crippen LogP contribution in [0.15, 0.2) is 54.6 Å². The van der Waals surface area contributed by atoms with Gasteiger partial charge in [0.25, 0.3) is 0 Å². The number of nitrogens with zero attached hydrogens (tertiary/aromatic N) is 4. The van der Waals surface area contributed by atoms with Gasteiger partial charge >= 0.3 is 0 Å². The quantitative estimate of drug-likeness (QED) is 0.722. The predicted molar refractivity (Wildman–Crippen MR) is 85.8 cm³/mol. The molecule has 0 saturated carbocycles. The van der Waals surface area contributed by atoms with Crippen molar-refractivity contribution in [3.63, 3.8) is 0 Å². The lowest BCUT2D eigenvalue weighted by Crippen LogP contribution is -2.11. The normalized spacial score (nSPS) is 13.7. The lowest BCUT2D eigenvalue weighted by atomic mass is 10.1. The minimum Gasteiger partial charge on any atom is -0.258 e. The van der Waals surface area contributed by atoms with Gasteiger partial charge in [0.05, 0.1) is 16.7 Å². The molecule has 1 heterocycles. The van der Waals surface area contributed by atoms with E-state index in [1.807, 2.05) is 30.3 Å². The molecule has 23 heavy (non-hydrogen) atoms. The predicted octanol–water partition coefficient (Wildman–Crippen LogP) is 2.81. The van der Waals surface area contributed by atoms with Crippen molar-refractivity contribution in [1.29, 1.82) is 0 Å². The minimum atomic E-state index is -1.34. The van der Waals surface area contributed by atoms with E-state index in [1.54, 1.807) is 29.8 Å². The van der Waals surface area contributed by atoms with E-state index >= 15 is 0 Å². The summed E-state index contributed by atoms with van der Waals surface area (Å²) in [5, 5.41) is 11.1. The molecule has 7 heteroatoms. The lowest BCUT2D eigenvalue weighted by molar-refractivity contribution is 0.606. The third kappa shape index (κ3) is 3.34. The fourth-order valence-corrected chi connectivity index (χ4v) is 3.42. The second-order valence-corrected chi connectivity index (χ2v) is 6.79. The monoisotopic (exact) mass is 330 g/mol. The van der Waals surface area contributed by atoms with Crippen LogP contribution in [0.25, 0.3) is 5.69 Å². The van der Waals surface area contributed by atoms with Crippen molar-refractivity contribution in [1.82, 2.24) is 20.2 Å². The van der Waals surface area contributed by atoms with Crippen LogP contribution < -0.4 is 0 Å². The number of aromatic nitrogens is 4. The first-order valence-electron chi connectivity index (χ1n) is 7.11. The molecule has 0 amide bonds. The average Bonchev–Trinajstić information content (AvgIpc) is 3.03. The largest absolute Gasteiger partial charge is 0.258 e. The molecule has 0 N–H and O–H groups in total. The summed E-state index contributed by atoms with van der Waals surface area (Å²) < 4.78 is 28.0. The average molecular weight is 330 g/mol. The van der Waals surface area contributed by atoms with E-state index < -0.39 is 16.0 Å². The molecule has 0 bridgehead atoms. The van der Waals surface area contributed by atoms with Gasteiger partial charge < -0.3 is 0 Å².